The quantitative estimate of drug-likeness (QED) is 0.271. The van der Waals surface area contributed by atoms with Crippen LogP contribution in [-0.2, 0) is 25.7 Å². The molecule has 0 fully saturated rings. The van der Waals surface area contributed by atoms with Crippen LogP contribution in [0.5, 0.6) is 46.0 Å². The molecule has 4 aliphatic heterocycles. The summed E-state index contributed by atoms with van der Waals surface area (Å²) in [7, 11) is 9.23. The Labute approximate surface area is 264 Å². The minimum atomic E-state index is -0.0350. The smallest absolute Gasteiger partial charge is 0.204 e. The maximum atomic E-state index is 11.0. The number of ether oxygens (including phenoxy) is 5. The highest BCUT2D eigenvalue weighted by Gasteiger charge is 2.33. The van der Waals surface area contributed by atoms with E-state index in [1.807, 2.05) is 24.3 Å². The molecule has 0 amide bonds. The highest BCUT2D eigenvalue weighted by molar-refractivity contribution is 5.62. The Bertz CT molecular complexity index is 1740. The van der Waals surface area contributed by atoms with Crippen molar-refractivity contribution in [3.63, 3.8) is 0 Å². The molecule has 0 radical (unpaired) electrons. The van der Waals surface area contributed by atoms with Gasteiger partial charge in [-0.05, 0) is 110 Å². The standard InChI is InChI=1S/C37H40N2O6/c1-38-14-12-24-20-32(42-4)34-21-27(24)28(38)16-22-6-9-26(10-7-22)44-37-35-25(19-30(40)36(37)43-5)13-15-39(2)29(35)17-23-8-11-31(41-3)33(18-23)45-34/h6-11,18-21,28-29,40H,12-17H2,1-5H3/t28-,29+/m1/s1. The Hall–Kier alpha value is -4.40. The normalized spacial score (nSPS) is 19.4. The summed E-state index contributed by atoms with van der Waals surface area (Å²) in [4.78, 5) is 4.74. The summed E-state index contributed by atoms with van der Waals surface area (Å²) in [6.45, 7) is 1.80. The third kappa shape index (κ3) is 5.32. The zero-order valence-electron chi connectivity index (χ0n) is 26.6. The summed E-state index contributed by atoms with van der Waals surface area (Å²) in [6.07, 6.45) is 3.24. The van der Waals surface area contributed by atoms with E-state index in [-0.39, 0.29) is 17.8 Å². The Morgan fingerprint density at radius 1 is 0.689 bits per heavy atom. The number of phenolic OH excluding ortho intramolecular Hbond substituents is 1. The molecule has 4 aromatic rings. The topological polar surface area (TPSA) is 72.9 Å². The highest BCUT2D eigenvalue weighted by Crippen LogP contribution is 2.50. The van der Waals surface area contributed by atoms with E-state index in [1.54, 1.807) is 21.3 Å². The van der Waals surface area contributed by atoms with Gasteiger partial charge in [-0.3, -0.25) is 9.80 Å². The maximum Gasteiger partial charge on any atom is 0.204 e. The summed E-state index contributed by atoms with van der Waals surface area (Å²) in [6, 6.07) is 20.6. The van der Waals surface area contributed by atoms with Gasteiger partial charge < -0.3 is 28.8 Å². The molecule has 0 unspecified atom stereocenters. The fraction of sp³-hybridized carbons (Fsp3) is 0.351. The number of aromatic hydroxyl groups is 1. The van der Waals surface area contributed by atoms with Gasteiger partial charge >= 0.3 is 0 Å². The van der Waals surface area contributed by atoms with Crippen molar-refractivity contribution in [2.75, 3.05) is 48.5 Å². The highest BCUT2D eigenvalue weighted by atomic mass is 16.5. The fourth-order valence-corrected chi connectivity index (χ4v) is 7.14. The van der Waals surface area contributed by atoms with Crippen LogP contribution in [0.25, 0.3) is 0 Å². The second kappa shape index (κ2) is 11.8. The molecular formula is C37H40N2O6. The van der Waals surface area contributed by atoms with Crippen molar-refractivity contribution in [3.8, 4) is 46.0 Å². The molecule has 1 N–H and O–H groups in total. The summed E-state index contributed by atoms with van der Waals surface area (Å²) in [5.74, 6) is 4.32. The van der Waals surface area contributed by atoms with Crippen molar-refractivity contribution in [3.05, 3.63) is 94.0 Å². The van der Waals surface area contributed by atoms with Crippen molar-refractivity contribution in [2.24, 2.45) is 0 Å². The monoisotopic (exact) mass is 608 g/mol. The van der Waals surface area contributed by atoms with Crippen LogP contribution in [0.1, 0.15) is 45.5 Å². The van der Waals surface area contributed by atoms with Crippen molar-refractivity contribution < 1.29 is 28.8 Å². The van der Waals surface area contributed by atoms with Crippen LogP contribution < -0.4 is 23.7 Å². The zero-order valence-corrected chi connectivity index (χ0v) is 26.6. The molecule has 234 valence electrons. The lowest BCUT2D eigenvalue weighted by molar-refractivity contribution is 0.221. The van der Waals surface area contributed by atoms with E-state index in [0.29, 0.717) is 46.7 Å². The average molecular weight is 609 g/mol. The first-order chi connectivity index (χ1) is 21.9. The predicted octanol–water partition coefficient (Wildman–Crippen LogP) is 6.86. The molecule has 8 rings (SSSR count). The molecule has 0 aromatic heterocycles. The van der Waals surface area contributed by atoms with Crippen LogP contribution in [0, 0.1) is 0 Å². The van der Waals surface area contributed by atoms with Crippen LogP contribution in [0.2, 0.25) is 0 Å². The van der Waals surface area contributed by atoms with Gasteiger partial charge in [0.2, 0.25) is 5.75 Å². The number of phenols is 1. The molecule has 0 saturated carbocycles. The second-order valence-electron chi connectivity index (χ2n) is 12.3. The van der Waals surface area contributed by atoms with E-state index in [1.165, 1.54) is 16.7 Å². The molecule has 0 saturated heterocycles. The molecule has 4 heterocycles. The summed E-state index contributed by atoms with van der Waals surface area (Å²) >= 11 is 0. The van der Waals surface area contributed by atoms with Crippen LogP contribution >= 0.6 is 0 Å². The van der Waals surface area contributed by atoms with E-state index in [4.69, 9.17) is 23.7 Å². The van der Waals surface area contributed by atoms with Gasteiger partial charge in [-0.25, -0.2) is 0 Å². The Kier molecular flexibility index (Phi) is 7.71. The number of hydrogen-bond acceptors (Lipinski definition) is 8. The average Bonchev–Trinajstić information content (AvgIpc) is 3.04. The fourth-order valence-electron chi connectivity index (χ4n) is 7.14. The minimum Gasteiger partial charge on any atom is -0.504 e. The first-order valence-corrected chi connectivity index (χ1v) is 15.5. The molecule has 4 aliphatic rings. The zero-order chi connectivity index (χ0) is 31.2. The third-order valence-corrected chi connectivity index (χ3v) is 9.64. The van der Waals surface area contributed by atoms with E-state index in [2.05, 4.69) is 60.3 Å². The number of benzene rings is 4. The lowest BCUT2D eigenvalue weighted by Gasteiger charge is -2.37. The molecule has 4 aromatic carbocycles. The molecule has 2 atom stereocenters. The lowest BCUT2D eigenvalue weighted by Crippen LogP contribution is -2.34. The van der Waals surface area contributed by atoms with Crippen LogP contribution in [0.4, 0.5) is 0 Å². The van der Waals surface area contributed by atoms with Crippen LogP contribution in [0.3, 0.4) is 0 Å². The molecule has 0 spiro atoms. The van der Waals surface area contributed by atoms with Gasteiger partial charge in [-0.15, -0.1) is 0 Å². The van der Waals surface area contributed by atoms with Gasteiger partial charge in [0.25, 0.3) is 0 Å². The van der Waals surface area contributed by atoms with Crippen molar-refractivity contribution in [2.45, 2.75) is 37.8 Å². The van der Waals surface area contributed by atoms with E-state index < -0.39 is 0 Å². The van der Waals surface area contributed by atoms with E-state index >= 15 is 0 Å². The SMILES string of the molecule is COc1ccc2cc1Oc1cc3c(cc1OC)CCN(C)[C@@H]3Cc1ccc(cc1)Oc1c(OC)c(O)cc3c1[C@H](C2)N(C)CC3. The van der Waals surface area contributed by atoms with Crippen molar-refractivity contribution in [1.29, 1.82) is 0 Å². The molecule has 8 nitrogen and oxygen atoms in total. The largest absolute Gasteiger partial charge is 0.504 e. The molecule has 6 bridgehead atoms. The number of fused-ring (bicyclic) bond motifs is 2. The Morgan fingerprint density at radius 2 is 1.36 bits per heavy atom. The van der Waals surface area contributed by atoms with E-state index in [9.17, 15) is 5.11 Å². The Morgan fingerprint density at radius 3 is 2.09 bits per heavy atom. The predicted molar refractivity (Wildman–Crippen MR) is 173 cm³/mol. The maximum absolute atomic E-state index is 11.0. The third-order valence-electron chi connectivity index (χ3n) is 9.64. The first kappa shape index (κ1) is 29.3. The summed E-state index contributed by atoms with van der Waals surface area (Å²) < 4.78 is 30.7. The molecule has 8 heteroatoms. The summed E-state index contributed by atoms with van der Waals surface area (Å²) in [5.41, 5.74) is 6.86. The van der Waals surface area contributed by atoms with Crippen molar-refractivity contribution in [1.82, 2.24) is 9.80 Å². The first-order valence-electron chi connectivity index (χ1n) is 15.5. The lowest BCUT2D eigenvalue weighted by atomic mass is 9.87. The number of hydrogen-bond donors (Lipinski definition) is 1. The van der Waals surface area contributed by atoms with Crippen LogP contribution in [0.15, 0.2) is 60.7 Å². The van der Waals surface area contributed by atoms with Gasteiger partial charge in [0.1, 0.15) is 5.75 Å². The number of rotatable bonds is 3. The van der Waals surface area contributed by atoms with Gasteiger partial charge in [0, 0.05) is 30.7 Å². The number of methoxy groups -OCH3 is 3. The van der Waals surface area contributed by atoms with Gasteiger partial charge in [-0.2, -0.15) is 0 Å². The molecular weight excluding hydrogens is 568 g/mol. The Balaban J connectivity index is 1.43. The summed E-state index contributed by atoms with van der Waals surface area (Å²) in [5, 5.41) is 11.0. The van der Waals surface area contributed by atoms with Gasteiger partial charge in [-0.1, -0.05) is 18.2 Å². The number of likely N-dealkylation sites (N-methyl/N-ethyl adjacent to an activating group) is 2. The minimum absolute atomic E-state index is 0.0350. The molecule has 45 heavy (non-hydrogen) atoms. The molecule has 0 aliphatic carbocycles. The van der Waals surface area contributed by atoms with Crippen LogP contribution in [-0.4, -0.2) is 63.4 Å². The van der Waals surface area contributed by atoms with Gasteiger partial charge in [0.05, 0.1) is 21.3 Å². The van der Waals surface area contributed by atoms with Gasteiger partial charge in [0.15, 0.2) is 34.5 Å². The second-order valence-corrected chi connectivity index (χ2v) is 12.3. The van der Waals surface area contributed by atoms with E-state index in [0.717, 1.165) is 49.0 Å². The number of nitrogens with zero attached hydrogens (tertiary/aromatic N) is 2. The van der Waals surface area contributed by atoms with Crippen molar-refractivity contribution >= 4 is 0 Å².